The van der Waals surface area contributed by atoms with Crippen molar-refractivity contribution >= 4 is 5.57 Å². The fourth-order valence-corrected chi connectivity index (χ4v) is 2.32. The van der Waals surface area contributed by atoms with Gasteiger partial charge in [0, 0.05) is 11.8 Å². The summed E-state index contributed by atoms with van der Waals surface area (Å²) in [7, 11) is 0. The minimum absolute atomic E-state index is 0.257. The summed E-state index contributed by atoms with van der Waals surface area (Å²) in [5.41, 5.74) is 4.28. The van der Waals surface area contributed by atoms with Crippen LogP contribution in [0.2, 0.25) is 0 Å². The maximum absolute atomic E-state index is 3.44. The smallest absolute Gasteiger partial charge is 0.0420 e. The first-order chi connectivity index (χ1) is 10.4. The lowest BCUT2D eigenvalue weighted by molar-refractivity contribution is 0.324. The zero-order chi connectivity index (χ0) is 16.2. The van der Waals surface area contributed by atoms with E-state index in [-0.39, 0.29) is 5.41 Å². The van der Waals surface area contributed by atoms with E-state index in [0.717, 1.165) is 12.8 Å². The number of aryl methyl sites for hydroxylation is 1. The summed E-state index contributed by atoms with van der Waals surface area (Å²) < 4.78 is 0. The Balaban J connectivity index is 2.01. The van der Waals surface area contributed by atoms with E-state index < -0.39 is 0 Å². The van der Waals surface area contributed by atoms with Gasteiger partial charge in [-0.2, -0.15) is 0 Å². The van der Waals surface area contributed by atoms with Crippen molar-refractivity contribution in [1.29, 1.82) is 0 Å². The number of hydrogen-bond acceptors (Lipinski definition) is 0. The number of rotatable bonds is 2. The molecule has 0 heteroatoms. The summed E-state index contributed by atoms with van der Waals surface area (Å²) in [6.45, 7) is 11.2. The summed E-state index contributed by atoms with van der Waals surface area (Å²) in [6.07, 6.45) is 8.92. The van der Waals surface area contributed by atoms with Crippen LogP contribution in [0.15, 0.2) is 42.5 Å². The third-order valence-electron chi connectivity index (χ3n) is 4.58. The average Bonchev–Trinajstić information content (AvgIpc) is 2.52. The summed E-state index contributed by atoms with van der Waals surface area (Å²) in [4.78, 5) is 0. The first-order valence-corrected chi connectivity index (χ1v) is 8.39. The molecule has 0 N–H and O–H groups in total. The van der Waals surface area contributed by atoms with Crippen molar-refractivity contribution in [1.82, 2.24) is 0 Å². The molecule has 0 saturated heterocycles. The number of benzene rings is 1. The van der Waals surface area contributed by atoms with Crippen LogP contribution in [0.3, 0.4) is 0 Å². The molecule has 1 aliphatic carbocycles. The summed E-state index contributed by atoms with van der Waals surface area (Å²) in [6, 6.07) is 8.90. The zero-order valence-corrected chi connectivity index (χ0v) is 14.6. The standard InChI is InChI=1S/C22H28/c1-6-18-9-13-20(14-10-18)21-15-11-19(12-16-21)8-7-17(2)22(3,4)5/h9-11,13-17,19H,6,12H2,1-5H3. The van der Waals surface area contributed by atoms with Gasteiger partial charge in [0.25, 0.3) is 0 Å². The van der Waals surface area contributed by atoms with E-state index in [1.807, 2.05) is 0 Å². The van der Waals surface area contributed by atoms with Crippen LogP contribution in [0, 0.1) is 29.1 Å². The summed E-state index contributed by atoms with van der Waals surface area (Å²) in [5, 5.41) is 0. The molecule has 2 atom stereocenters. The molecule has 22 heavy (non-hydrogen) atoms. The summed E-state index contributed by atoms with van der Waals surface area (Å²) in [5.74, 6) is 7.66. The number of hydrogen-bond donors (Lipinski definition) is 0. The number of allylic oxidation sites excluding steroid dienone is 4. The van der Waals surface area contributed by atoms with Crippen LogP contribution >= 0.6 is 0 Å². The van der Waals surface area contributed by atoms with Crippen LogP contribution in [0.25, 0.3) is 5.57 Å². The van der Waals surface area contributed by atoms with Gasteiger partial charge in [0.2, 0.25) is 0 Å². The minimum atomic E-state index is 0.257. The Morgan fingerprint density at radius 2 is 1.86 bits per heavy atom. The van der Waals surface area contributed by atoms with Crippen LogP contribution in [-0.2, 0) is 6.42 Å². The lowest BCUT2D eigenvalue weighted by Crippen LogP contribution is -2.15. The Hall–Kier alpha value is -1.74. The second-order valence-electron chi connectivity index (χ2n) is 7.29. The lowest BCUT2D eigenvalue weighted by Gasteiger charge is -2.22. The van der Waals surface area contributed by atoms with E-state index >= 15 is 0 Å². The second-order valence-corrected chi connectivity index (χ2v) is 7.29. The van der Waals surface area contributed by atoms with Crippen LogP contribution in [0.5, 0.6) is 0 Å². The molecule has 0 fully saturated rings. The van der Waals surface area contributed by atoms with Crippen LogP contribution < -0.4 is 0 Å². The molecule has 0 nitrogen and oxygen atoms in total. The van der Waals surface area contributed by atoms with Crippen molar-refractivity contribution in [2.24, 2.45) is 17.3 Å². The molecule has 0 bridgehead atoms. The van der Waals surface area contributed by atoms with Crippen LogP contribution in [0.4, 0.5) is 0 Å². The monoisotopic (exact) mass is 292 g/mol. The molecule has 1 aromatic rings. The van der Waals surface area contributed by atoms with E-state index in [1.165, 1.54) is 16.7 Å². The fourth-order valence-electron chi connectivity index (χ4n) is 2.32. The molecule has 1 aliphatic rings. The van der Waals surface area contributed by atoms with Gasteiger partial charge in [0.1, 0.15) is 0 Å². The van der Waals surface area contributed by atoms with Crippen LogP contribution in [-0.4, -0.2) is 0 Å². The molecule has 0 amide bonds. The molecular weight excluding hydrogens is 264 g/mol. The first kappa shape index (κ1) is 16.6. The van der Waals surface area contributed by atoms with Crippen molar-refractivity contribution < 1.29 is 0 Å². The van der Waals surface area contributed by atoms with Crippen molar-refractivity contribution in [2.45, 2.75) is 47.5 Å². The fraction of sp³-hybridized carbons (Fsp3) is 0.455. The molecule has 0 radical (unpaired) electrons. The largest absolute Gasteiger partial charge is 0.0990 e. The van der Waals surface area contributed by atoms with Gasteiger partial charge in [0.15, 0.2) is 0 Å². The van der Waals surface area contributed by atoms with Gasteiger partial charge in [-0.25, -0.2) is 0 Å². The highest BCUT2D eigenvalue weighted by atomic mass is 14.2. The Kier molecular flexibility index (Phi) is 5.30. The molecule has 2 rings (SSSR count). The Labute approximate surface area is 136 Å². The molecule has 0 saturated carbocycles. The lowest BCUT2D eigenvalue weighted by atomic mass is 9.82. The van der Waals surface area contributed by atoms with E-state index in [1.54, 1.807) is 0 Å². The SMILES string of the molecule is CCc1ccc(C2=CCC(C#CC(C)C(C)(C)C)C=C2)cc1. The molecule has 0 aliphatic heterocycles. The topological polar surface area (TPSA) is 0 Å². The molecule has 0 heterocycles. The van der Waals surface area contributed by atoms with E-state index in [2.05, 4.69) is 89.0 Å². The Bertz CT molecular complexity index is 609. The first-order valence-electron chi connectivity index (χ1n) is 8.39. The zero-order valence-electron chi connectivity index (χ0n) is 14.6. The van der Waals surface area contributed by atoms with Gasteiger partial charge in [-0.1, -0.05) is 89.0 Å². The molecule has 0 spiro atoms. The van der Waals surface area contributed by atoms with Crippen molar-refractivity contribution in [3.8, 4) is 11.8 Å². The highest BCUT2D eigenvalue weighted by Crippen LogP contribution is 2.26. The molecule has 2 unspecified atom stereocenters. The second kappa shape index (κ2) is 7.01. The maximum Gasteiger partial charge on any atom is 0.0420 e. The van der Waals surface area contributed by atoms with Gasteiger partial charge in [-0.15, -0.1) is 0 Å². The van der Waals surface area contributed by atoms with Crippen molar-refractivity contribution in [3.63, 3.8) is 0 Å². The maximum atomic E-state index is 3.44. The molecule has 1 aromatic carbocycles. The van der Waals surface area contributed by atoms with Gasteiger partial charge in [0.05, 0.1) is 0 Å². The Morgan fingerprint density at radius 3 is 2.36 bits per heavy atom. The minimum Gasteiger partial charge on any atom is -0.0990 e. The predicted molar refractivity (Wildman–Crippen MR) is 97.4 cm³/mol. The molecule has 116 valence electrons. The average molecular weight is 292 g/mol. The normalized spacial score (nSPS) is 19.1. The van der Waals surface area contributed by atoms with Gasteiger partial charge < -0.3 is 0 Å². The van der Waals surface area contributed by atoms with Crippen molar-refractivity contribution in [2.75, 3.05) is 0 Å². The molecule has 0 aromatic heterocycles. The van der Waals surface area contributed by atoms with E-state index in [9.17, 15) is 0 Å². The predicted octanol–water partition coefficient (Wildman–Crippen LogP) is 5.89. The van der Waals surface area contributed by atoms with Gasteiger partial charge in [-0.05, 0) is 35.0 Å². The van der Waals surface area contributed by atoms with Crippen LogP contribution in [0.1, 0.15) is 52.2 Å². The summed E-state index contributed by atoms with van der Waals surface area (Å²) >= 11 is 0. The quantitative estimate of drug-likeness (QED) is 0.596. The highest BCUT2D eigenvalue weighted by Gasteiger charge is 2.17. The van der Waals surface area contributed by atoms with E-state index in [4.69, 9.17) is 0 Å². The third kappa shape index (κ3) is 4.38. The van der Waals surface area contributed by atoms with E-state index in [0.29, 0.717) is 11.8 Å². The molecular formula is C22H28. The van der Waals surface area contributed by atoms with Gasteiger partial charge in [-0.3, -0.25) is 0 Å². The third-order valence-corrected chi connectivity index (χ3v) is 4.58. The highest BCUT2D eigenvalue weighted by molar-refractivity contribution is 5.75. The van der Waals surface area contributed by atoms with Gasteiger partial charge >= 0.3 is 0 Å². The Morgan fingerprint density at radius 1 is 1.18 bits per heavy atom. The van der Waals surface area contributed by atoms with Crippen molar-refractivity contribution in [3.05, 3.63) is 53.6 Å².